The molecule has 5 heterocycles. The Balaban J connectivity index is 1.25. The molecule has 2 N–H and O–H groups in total. The van der Waals surface area contributed by atoms with Gasteiger partial charge in [0, 0.05) is 65.5 Å². The van der Waals surface area contributed by atoms with Gasteiger partial charge in [0.15, 0.2) is 0 Å². The maximum Gasteiger partial charge on any atom is 0.137 e. The molecule has 0 saturated carbocycles. The van der Waals surface area contributed by atoms with Crippen LogP contribution in [-0.4, -0.2) is 49.0 Å². The molecule has 1 fully saturated rings. The van der Waals surface area contributed by atoms with Gasteiger partial charge < -0.3 is 15.0 Å². The number of H-pyrrole nitrogens is 1. The fourth-order valence-corrected chi connectivity index (χ4v) is 4.65. The van der Waals surface area contributed by atoms with Crippen molar-refractivity contribution in [1.29, 1.82) is 0 Å². The second-order valence-corrected chi connectivity index (χ2v) is 9.00. The average Bonchev–Trinajstić information content (AvgIpc) is 3.51. The van der Waals surface area contributed by atoms with Gasteiger partial charge in [-0.2, -0.15) is 5.10 Å². The molecule has 0 spiro atoms. The molecule has 7 nitrogen and oxygen atoms in total. The molecule has 0 atom stereocenters. The smallest absolute Gasteiger partial charge is 0.137 e. The first-order valence-corrected chi connectivity index (χ1v) is 11.8. The molecule has 0 radical (unpaired) electrons. The van der Waals surface area contributed by atoms with E-state index in [9.17, 15) is 9.50 Å². The first-order valence-electron chi connectivity index (χ1n) is 11.8. The minimum Gasteiger partial charge on any atom is -0.393 e. The van der Waals surface area contributed by atoms with Gasteiger partial charge in [0.1, 0.15) is 17.3 Å². The van der Waals surface area contributed by atoms with Crippen LogP contribution in [0.5, 0.6) is 0 Å². The number of aliphatic hydroxyl groups excluding tert-OH is 1. The Kier molecular flexibility index (Phi) is 5.50. The van der Waals surface area contributed by atoms with Gasteiger partial charge in [-0.25, -0.2) is 14.4 Å². The molecule has 8 heteroatoms. The van der Waals surface area contributed by atoms with E-state index in [4.69, 9.17) is 0 Å². The van der Waals surface area contributed by atoms with Crippen molar-refractivity contribution in [2.24, 2.45) is 0 Å². The first-order chi connectivity index (χ1) is 17.1. The van der Waals surface area contributed by atoms with Crippen LogP contribution < -0.4 is 4.90 Å². The standard InChI is InChI=1S/C27H25FN6O/c28-22-3-1-2-18(10-22)16-34-17-21(14-32-34)25-15-31-27-24(25)11-20(13-30-27)19-4-5-26(29-12-19)33-8-6-23(35)7-9-33/h1-5,10-15,17,23,35H,6-9,16H2,(H,30,31). The molecule has 0 unspecified atom stereocenters. The molecule has 4 aromatic heterocycles. The lowest BCUT2D eigenvalue weighted by Gasteiger charge is -2.30. The SMILES string of the molecule is OC1CCN(c2ccc(-c3cnc4[nH]cc(-c5cnn(Cc6cccc(F)c6)c5)c4c3)cn2)CC1. The molecular formula is C27H25FN6O. The highest BCUT2D eigenvalue weighted by Gasteiger charge is 2.18. The number of rotatable bonds is 5. The highest BCUT2D eigenvalue weighted by Crippen LogP contribution is 2.31. The topological polar surface area (TPSA) is 82.9 Å². The lowest BCUT2D eigenvalue weighted by Crippen LogP contribution is -2.36. The van der Waals surface area contributed by atoms with E-state index < -0.39 is 0 Å². The van der Waals surface area contributed by atoms with E-state index in [2.05, 4.69) is 37.1 Å². The Morgan fingerprint density at radius 1 is 0.971 bits per heavy atom. The number of aliphatic hydroxyl groups is 1. The van der Waals surface area contributed by atoms with Crippen LogP contribution in [0, 0.1) is 5.82 Å². The van der Waals surface area contributed by atoms with Crippen LogP contribution in [0.2, 0.25) is 0 Å². The lowest BCUT2D eigenvalue weighted by molar-refractivity contribution is 0.145. The number of hydrogen-bond acceptors (Lipinski definition) is 5. The van der Waals surface area contributed by atoms with Crippen molar-refractivity contribution in [3.8, 4) is 22.3 Å². The predicted octanol–water partition coefficient (Wildman–Crippen LogP) is 4.64. The van der Waals surface area contributed by atoms with E-state index in [1.165, 1.54) is 12.1 Å². The van der Waals surface area contributed by atoms with Crippen molar-refractivity contribution >= 4 is 16.9 Å². The maximum absolute atomic E-state index is 13.5. The molecular weight excluding hydrogens is 443 g/mol. The zero-order valence-corrected chi connectivity index (χ0v) is 19.1. The van der Waals surface area contributed by atoms with E-state index in [1.807, 2.05) is 47.8 Å². The van der Waals surface area contributed by atoms with E-state index in [1.54, 1.807) is 6.07 Å². The Morgan fingerprint density at radius 3 is 2.63 bits per heavy atom. The van der Waals surface area contributed by atoms with Crippen LogP contribution in [-0.2, 0) is 6.54 Å². The fraction of sp³-hybridized carbons (Fsp3) is 0.222. The van der Waals surface area contributed by atoms with E-state index in [0.717, 1.165) is 70.6 Å². The van der Waals surface area contributed by atoms with Crippen molar-refractivity contribution in [3.63, 3.8) is 0 Å². The van der Waals surface area contributed by atoms with E-state index >= 15 is 0 Å². The number of pyridine rings is 2. The van der Waals surface area contributed by atoms with Crippen LogP contribution >= 0.6 is 0 Å². The molecule has 35 heavy (non-hydrogen) atoms. The van der Waals surface area contributed by atoms with Gasteiger partial charge in [0.25, 0.3) is 0 Å². The summed E-state index contributed by atoms with van der Waals surface area (Å²) in [6, 6.07) is 12.8. The molecule has 0 bridgehead atoms. The molecule has 176 valence electrons. The summed E-state index contributed by atoms with van der Waals surface area (Å²) in [6.07, 6.45) is 10.8. The largest absolute Gasteiger partial charge is 0.393 e. The summed E-state index contributed by atoms with van der Waals surface area (Å²) in [6.45, 7) is 2.14. The number of anilines is 1. The number of nitrogens with one attached hydrogen (secondary N) is 1. The van der Waals surface area contributed by atoms with Gasteiger partial charge in [-0.1, -0.05) is 12.1 Å². The number of nitrogens with zero attached hydrogens (tertiary/aromatic N) is 5. The third-order valence-corrected chi connectivity index (χ3v) is 6.58. The minimum atomic E-state index is -0.248. The number of aromatic nitrogens is 5. The first kappa shape index (κ1) is 21.5. The number of aromatic amines is 1. The third kappa shape index (κ3) is 4.40. The predicted molar refractivity (Wildman–Crippen MR) is 134 cm³/mol. The number of halogens is 1. The quantitative estimate of drug-likeness (QED) is 0.393. The summed E-state index contributed by atoms with van der Waals surface area (Å²) < 4.78 is 15.3. The average molecular weight is 469 g/mol. The summed E-state index contributed by atoms with van der Waals surface area (Å²) in [5.41, 5.74) is 5.62. The Labute approximate surface area is 201 Å². The van der Waals surface area contributed by atoms with Crippen LogP contribution in [0.25, 0.3) is 33.3 Å². The van der Waals surface area contributed by atoms with Gasteiger partial charge in [-0.15, -0.1) is 0 Å². The summed E-state index contributed by atoms with van der Waals surface area (Å²) in [5.74, 6) is 0.685. The van der Waals surface area contributed by atoms with Crippen molar-refractivity contribution in [2.75, 3.05) is 18.0 Å². The van der Waals surface area contributed by atoms with Crippen molar-refractivity contribution < 1.29 is 9.50 Å². The number of fused-ring (bicyclic) bond motifs is 1. The summed E-state index contributed by atoms with van der Waals surface area (Å²) in [7, 11) is 0. The highest BCUT2D eigenvalue weighted by atomic mass is 19.1. The third-order valence-electron chi connectivity index (χ3n) is 6.58. The van der Waals surface area contributed by atoms with Crippen LogP contribution in [0.1, 0.15) is 18.4 Å². The second kappa shape index (κ2) is 8.96. The molecule has 1 saturated heterocycles. The van der Waals surface area contributed by atoms with Crippen molar-refractivity contribution in [3.05, 3.63) is 84.8 Å². The Bertz CT molecular complexity index is 1470. The fourth-order valence-electron chi connectivity index (χ4n) is 4.65. The number of hydrogen-bond donors (Lipinski definition) is 2. The van der Waals surface area contributed by atoms with Crippen molar-refractivity contribution in [2.45, 2.75) is 25.5 Å². The van der Waals surface area contributed by atoms with Gasteiger partial charge in [0.2, 0.25) is 0 Å². The molecule has 1 aromatic carbocycles. The van der Waals surface area contributed by atoms with Crippen LogP contribution in [0.4, 0.5) is 10.2 Å². The van der Waals surface area contributed by atoms with Crippen LogP contribution in [0.15, 0.2) is 73.4 Å². The van der Waals surface area contributed by atoms with Gasteiger partial charge in [0.05, 0.1) is 18.8 Å². The minimum absolute atomic E-state index is 0.202. The molecule has 1 aliphatic heterocycles. The van der Waals surface area contributed by atoms with E-state index in [-0.39, 0.29) is 11.9 Å². The zero-order valence-electron chi connectivity index (χ0n) is 19.1. The number of piperidine rings is 1. The zero-order chi connectivity index (χ0) is 23.8. The van der Waals surface area contributed by atoms with Crippen LogP contribution in [0.3, 0.4) is 0 Å². The van der Waals surface area contributed by atoms with Crippen molar-refractivity contribution in [1.82, 2.24) is 24.7 Å². The second-order valence-electron chi connectivity index (χ2n) is 9.00. The maximum atomic E-state index is 13.5. The monoisotopic (exact) mass is 468 g/mol. The molecule has 0 aliphatic carbocycles. The molecule has 0 amide bonds. The molecule has 6 rings (SSSR count). The summed E-state index contributed by atoms with van der Waals surface area (Å²) in [4.78, 5) is 14.7. The Hall–Kier alpha value is -4.04. The normalized spacial score (nSPS) is 14.6. The summed E-state index contributed by atoms with van der Waals surface area (Å²) in [5, 5.41) is 15.2. The lowest BCUT2D eigenvalue weighted by atomic mass is 10.0. The van der Waals surface area contributed by atoms with E-state index in [0.29, 0.717) is 6.54 Å². The number of benzene rings is 1. The summed E-state index contributed by atoms with van der Waals surface area (Å²) >= 11 is 0. The highest BCUT2D eigenvalue weighted by molar-refractivity contribution is 5.95. The molecule has 1 aliphatic rings. The van der Waals surface area contributed by atoms with Gasteiger partial charge in [-0.3, -0.25) is 4.68 Å². The molecule has 5 aromatic rings. The van der Waals surface area contributed by atoms with Gasteiger partial charge in [-0.05, 0) is 48.7 Å². The van der Waals surface area contributed by atoms with Gasteiger partial charge >= 0.3 is 0 Å². The Morgan fingerprint density at radius 2 is 1.83 bits per heavy atom.